The summed E-state index contributed by atoms with van der Waals surface area (Å²) in [5, 5.41) is 0.873. The third kappa shape index (κ3) is 4.13. The maximum Gasteiger partial charge on any atom is 0.325 e. The highest BCUT2D eigenvalue weighted by atomic mass is 32.2. The van der Waals surface area contributed by atoms with E-state index in [-0.39, 0.29) is 12.1 Å². The van der Waals surface area contributed by atoms with Crippen LogP contribution in [0.15, 0.2) is 69.2 Å². The molecule has 0 spiro atoms. The summed E-state index contributed by atoms with van der Waals surface area (Å²) in [6.07, 6.45) is 1.59. The maximum atomic E-state index is 12.9. The summed E-state index contributed by atoms with van der Waals surface area (Å²) in [5.74, 6) is 0.449. The summed E-state index contributed by atoms with van der Waals surface area (Å²) in [6, 6.07) is 15.0. The Balaban J connectivity index is 1.62. The van der Waals surface area contributed by atoms with Crippen LogP contribution < -0.4 is 5.56 Å². The standard InChI is InChI=1S/C22H19N3O4S/c1-14-7-9-15(10-8-14)20-23-16(12-29-20)13-30-22-24-18-6-4-3-5-17(18)21(27)25(22)11-19(26)28-2/h3-10,12H,11,13H2,1-2H3. The molecule has 0 N–H and O–H groups in total. The van der Waals surface area contributed by atoms with Gasteiger partial charge in [0.15, 0.2) is 5.16 Å². The molecule has 0 saturated heterocycles. The normalized spacial score (nSPS) is 11.0. The Hall–Kier alpha value is -3.39. The highest BCUT2D eigenvalue weighted by Crippen LogP contribution is 2.25. The smallest absolute Gasteiger partial charge is 0.325 e. The first-order valence-corrected chi connectivity index (χ1v) is 10.2. The van der Waals surface area contributed by atoms with Crippen LogP contribution in [0.2, 0.25) is 0 Å². The van der Waals surface area contributed by atoms with Crippen molar-refractivity contribution in [2.45, 2.75) is 24.4 Å². The summed E-state index contributed by atoms with van der Waals surface area (Å²) in [6.45, 7) is 1.81. The van der Waals surface area contributed by atoms with Crippen LogP contribution in [0, 0.1) is 6.92 Å². The number of ether oxygens (including phenoxy) is 1. The predicted octanol–water partition coefficient (Wildman–Crippen LogP) is 3.83. The van der Waals surface area contributed by atoms with Crippen molar-refractivity contribution in [1.29, 1.82) is 0 Å². The minimum atomic E-state index is -0.515. The molecule has 7 nitrogen and oxygen atoms in total. The van der Waals surface area contributed by atoms with Gasteiger partial charge < -0.3 is 9.15 Å². The molecule has 2 aromatic heterocycles. The number of carbonyl (C=O) groups is 1. The van der Waals surface area contributed by atoms with Gasteiger partial charge in [0.2, 0.25) is 5.89 Å². The summed E-state index contributed by atoms with van der Waals surface area (Å²) in [7, 11) is 1.29. The van der Waals surface area contributed by atoms with Gasteiger partial charge >= 0.3 is 5.97 Å². The lowest BCUT2D eigenvalue weighted by Crippen LogP contribution is -2.27. The fourth-order valence-corrected chi connectivity index (χ4v) is 3.81. The number of aromatic nitrogens is 3. The topological polar surface area (TPSA) is 87.2 Å². The van der Waals surface area contributed by atoms with Gasteiger partial charge in [0.05, 0.1) is 23.7 Å². The van der Waals surface area contributed by atoms with Gasteiger partial charge in [0.1, 0.15) is 12.8 Å². The van der Waals surface area contributed by atoms with E-state index < -0.39 is 5.97 Å². The maximum absolute atomic E-state index is 12.9. The molecule has 0 fully saturated rings. The number of thioether (sulfide) groups is 1. The number of nitrogens with zero attached hydrogens (tertiary/aromatic N) is 3. The summed E-state index contributed by atoms with van der Waals surface area (Å²) < 4.78 is 11.7. The third-order valence-electron chi connectivity index (χ3n) is 4.54. The fraction of sp³-hybridized carbons (Fsp3) is 0.182. The Morgan fingerprint density at radius 1 is 1.13 bits per heavy atom. The van der Waals surface area contributed by atoms with Crippen molar-refractivity contribution in [3.05, 3.63) is 76.4 Å². The monoisotopic (exact) mass is 421 g/mol. The van der Waals surface area contributed by atoms with Crippen LogP contribution in [0.25, 0.3) is 22.4 Å². The van der Waals surface area contributed by atoms with Gasteiger partial charge in [-0.2, -0.15) is 0 Å². The predicted molar refractivity (Wildman–Crippen MR) is 114 cm³/mol. The highest BCUT2D eigenvalue weighted by molar-refractivity contribution is 7.98. The van der Waals surface area contributed by atoms with Crippen LogP contribution >= 0.6 is 11.8 Å². The Kier molecular flexibility index (Phi) is 5.67. The number of esters is 1. The molecule has 30 heavy (non-hydrogen) atoms. The number of para-hydroxylation sites is 1. The summed E-state index contributed by atoms with van der Waals surface area (Å²) >= 11 is 1.31. The number of rotatable bonds is 6. The second-order valence-electron chi connectivity index (χ2n) is 6.68. The molecule has 0 bridgehead atoms. The van der Waals surface area contributed by atoms with Crippen LogP contribution in [0.1, 0.15) is 11.3 Å². The molecule has 152 valence electrons. The minimum Gasteiger partial charge on any atom is -0.468 e. The molecule has 0 aliphatic heterocycles. The molecule has 0 unspecified atom stereocenters. The van der Waals surface area contributed by atoms with Crippen molar-refractivity contribution in [3.63, 3.8) is 0 Å². The van der Waals surface area contributed by atoms with Crippen LogP contribution in [0.3, 0.4) is 0 Å². The first-order chi connectivity index (χ1) is 14.5. The number of aryl methyl sites for hydroxylation is 1. The van der Waals surface area contributed by atoms with E-state index in [9.17, 15) is 9.59 Å². The molecule has 4 aromatic rings. The van der Waals surface area contributed by atoms with Gasteiger partial charge in [0, 0.05) is 11.3 Å². The highest BCUT2D eigenvalue weighted by Gasteiger charge is 2.16. The van der Waals surface area contributed by atoms with Gasteiger partial charge in [-0.3, -0.25) is 14.2 Å². The molecular weight excluding hydrogens is 402 g/mol. The van der Waals surface area contributed by atoms with Crippen LogP contribution in [0.5, 0.6) is 0 Å². The van der Waals surface area contributed by atoms with E-state index in [0.717, 1.165) is 11.1 Å². The zero-order valence-electron chi connectivity index (χ0n) is 16.5. The van der Waals surface area contributed by atoms with E-state index in [0.29, 0.717) is 33.4 Å². The number of oxazole rings is 1. The Morgan fingerprint density at radius 3 is 2.67 bits per heavy atom. The van der Waals surface area contributed by atoms with Crippen LogP contribution in [0.4, 0.5) is 0 Å². The van der Waals surface area contributed by atoms with Crippen molar-refractivity contribution in [2.75, 3.05) is 7.11 Å². The van der Waals surface area contributed by atoms with Crippen molar-refractivity contribution >= 4 is 28.6 Å². The zero-order chi connectivity index (χ0) is 21.1. The van der Waals surface area contributed by atoms with Gasteiger partial charge in [-0.1, -0.05) is 41.6 Å². The van der Waals surface area contributed by atoms with E-state index >= 15 is 0 Å². The average molecular weight is 421 g/mol. The average Bonchev–Trinajstić information content (AvgIpc) is 3.24. The van der Waals surface area contributed by atoms with E-state index in [4.69, 9.17) is 9.15 Å². The number of hydrogen-bond donors (Lipinski definition) is 0. The molecule has 0 saturated carbocycles. The first-order valence-electron chi connectivity index (χ1n) is 9.26. The van der Waals surface area contributed by atoms with E-state index in [1.165, 1.54) is 23.4 Å². The lowest BCUT2D eigenvalue weighted by Gasteiger charge is -2.11. The SMILES string of the molecule is COC(=O)Cn1c(SCc2coc(-c3ccc(C)cc3)n2)nc2ccccc2c1=O. The van der Waals surface area contributed by atoms with Crippen molar-refractivity contribution < 1.29 is 13.9 Å². The molecule has 0 aliphatic rings. The second-order valence-corrected chi connectivity index (χ2v) is 7.62. The lowest BCUT2D eigenvalue weighted by molar-refractivity contribution is -0.141. The Morgan fingerprint density at radius 2 is 1.90 bits per heavy atom. The quantitative estimate of drug-likeness (QED) is 0.266. The van der Waals surface area contributed by atoms with Crippen LogP contribution in [-0.2, 0) is 21.8 Å². The van der Waals surface area contributed by atoms with Gasteiger partial charge in [-0.15, -0.1) is 0 Å². The minimum absolute atomic E-state index is 0.205. The third-order valence-corrected chi connectivity index (χ3v) is 5.55. The molecule has 0 radical (unpaired) electrons. The van der Waals surface area contributed by atoms with E-state index in [1.54, 1.807) is 24.5 Å². The van der Waals surface area contributed by atoms with E-state index in [1.807, 2.05) is 37.3 Å². The summed E-state index contributed by atoms with van der Waals surface area (Å²) in [5.41, 5.74) is 3.05. The number of hydrogen-bond acceptors (Lipinski definition) is 7. The zero-order valence-corrected chi connectivity index (χ0v) is 17.3. The van der Waals surface area contributed by atoms with Crippen molar-refractivity contribution in [1.82, 2.24) is 14.5 Å². The molecule has 2 heterocycles. The summed E-state index contributed by atoms with van der Waals surface area (Å²) in [4.78, 5) is 33.8. The van der Waals surface area contributed by atoms with E-state index in [2.05, 4.69) is 9.97 Å². The number of carbonyl (C=O) groups excluding carboxylic acids is 1. The number of methoxy groups -OCH3 is 1. The molecule has 2 aromatic carbocycles. The fourth-order valence-electron chi connectivity index (χ4n) is 2.93. The first kappa shape index (κ1) is 19.9. The number of fused-ring (bicyclic) bond motifs is 1. The van der Waals surface area contributed by atoms with Crippen molar-refractivity contribution in [2.24, 2.45) is 0 Å². The largest absolute Gasteiger partial charge is 0.468 e. The van der Waals surface area contributed by atoms with Gasteiger partial charge in [-0.05, 0) is 31.2 Å². The Labute approximate surface area is 176 Å². The van der Waals surface area contributed by atoms with Crippen molar-refractivity contribution in [3.8, 4) is 11.5 Å². The molecular formula is C22H19N3O4S. The Bertz CT molecular complexity index is 1260. The molecule has 4 rings (SSSR count). The molecule has 8 heteroatoms. The van der Waals surface area contributed by atoms with Crippen LogP contribution in [-0.4, -0.2) is 27.6 Å². The second kappa shape index (κ2) is 8.54. The number of benzene rings is 2. The lowest BCUT2D eigenvalue weighted by atomic mass is 10.1. The molecule has 0 atom stereocenters. The molecule has 0 aliphatic carbocycles. The van der Waals surface area contributed by atoms with Gasteiger partial charge in [-0.25, -0.2) is 9.97 Å². The van der Waals surface area contributed by atoms with Gasteiger partial charge in [0.25, 0.3) is 5.56 Å². The molecule has 0 amide bonds.